The first-order chi connectivity index (χ1) is 8.87. The van der Waals surface area contributed by atoms with E-state index in [1.165, 1.54) is 0 Å². The molecule has 19 heavy (non-hydrogen) atoms. The predicted octanol–water partition coefficient (Wildman–Crippen LogP) is 2.33. The van der Waals surface area contributed by atoms with Crippen LogP contribution >= 0.6 is 0 Å². The molecule has 0 bridgehead atoms. The highest BCUT2D eigenvalue weighted by Crippen LogP contribution is 2.39. The molecule has 4 heteroatoms. The maximum atomic E-state index is 13.5. The number of nitrogens with one attached hydrogen (secondary N) is 1. The molecule has 0 aliphatic heterocycles. The summed E-state index contributed by atoms with van der Waals surface area (Å²) in [5.41, 5.74) is 0.786. The molecule has 0 saturated heterocycles. The molecule has 1 amide bonds. The van der Waals surface area contributed by atoms with Crippen LogP contribution in [0, 0.1) is 25.6 Å². The largest absolute Gasteiger partial charge is 0.394 e. The van der Waals surface area contributed by atoms with Crippen LogP contribution in [0.4, 0.5) is 4.39 Å². The molecule has 1 aliphatic rings. The van der Waals surface area contributed by atoms with Gasteiger partial charge in [-0.05, 0) is 62.8 Å². The van der Waals surface area contributed by atoms with Gasteiger partial charge in [0.15, 0.2) is 0 Å². The number of benzene rings is 1. The fourth-order valence-electron chi connectivity index (χ4n) is 2.40. The first-order valence-electron chi connectivity index (χ1n) is 6.57. The van der Waals surface area contributed by atoms with Crippen LogP contribution in [-0.2, 0) is 0 Å². The average molecular weight is 265 g/mol. The highest BCUT2D eigenvalue weighted by Gasteiger charge is 2.42. The van der Waals surface area contributed by atoms with E-state index in [1.807, 2.05) is 6.92 Å². The normalized spacial score (nSPS) is 17.9. The molecule has 2 N–H and O–H groups in total. The van der Waals surface area contributed by atoms with Gasteiger partial charge >= 0.3 is 0 Å². The Bertz CT molecular complexity index is 488. The molecule has 0 spiro atoms. The lowest BCUT2D eigenvalue weighted by molar-refractivity contribution is 0.0824. The molecule has 3 nitrogen and oxygen atoms in total. The monoisotopic (exact) mass is 265 g/mol. The first kappa shape index (κ1) is 14.0. The van der Waals surface area contributed by atoms with Crippen molar-refractivity contribution < 1.29 is 14.3 Å². The van der Waals surface area contributed by atoms with E-state index in [-0.39, 0.29) is 18.3 Å². The van der Waals surface area contributed by atoms with Crippen LogP contribution in [0.1, 0.15) is 41.3 Å². The van der Waals surface area contributed by atoms with Crippen LogP contribution in [0.25, 0.3) is 0 Å². The SMILES string of the molecule is Cc1cc(C(=O)NC(C)(CO)C2CC2)cc(C)c1F. The topological polar surface area (TPSA) is 49.3 Å². The molecule has 1 unspecified atom stereocenters. The Hall–Kier alpha value is -1.42. The summed E-state index contributed by atoms with van der Waals surface area (Å²) in [6.07, 6.45) is 2.05. The van der Waals surface area contributed by atoms with Crippen molar-refractivity contribution in [3.8, 4) is 0 Å². The van der Waals surface area contributed by atoms with Gasteiger partial charge in [0.05, 0.1) is 12.1 Å². The van der Waals surface area contributed by atoms with Crippen molar-refractivity contribution in [2.45, 2.75) is 39.2 Å². The van der Waals surface area contributed by atoms with Gasteiger partial charge in [-0.25, -0.2) is 4.39 Å². The zero-order chi connectivity index (χ0) is 14.2. The van der Waals surface area contributed by atoms with Crippen molar-refractivity contribution in [3.63, 3.8) is 0 Å². The Morgan fingerprint density at radius 3 is 2.37 bits per heavy atom. The van der Waals surface area contributed by atoms with Crippen molar-refractivity contribution in [2.24, 2.45) is 5.92 Å². The van der Waals surface area contributed by atoms with Crippen LogP contribution < -0.4 is 5.32 Å². The van der Waals surface area contributed by atoms with Gasteiger partial charge in [-0.15, -0.1) is 0 Å². The molecule has 1 aliphatic carbocycles. The van der Waals surface area contributed by atoms with E-state index in [0.29, 0.717) is 22.6 Å². The second-order valence-electron chi connectivity index (χ2n) is 5.73. The standard InChI is InChI=1S/C15H20FNO2/c1-9-6-11(7-10(2)13(9)16)14(19)17-15(3,8-18)12-4-5-12/h6-7,12,18H,4-5,8H2,1-3H3,(H,17,19). The van der Waals surface area contributed by atoms with Gasteiger partial charge in [0.25, 0.3) is 5.91 Å². The lowest BCUT2D eigenvalue weighted by Gasteiger charge is -2.29. The lowest BCUT2D eigenvalue weighted by atomic mass is 9.96. The van der Waals surface area contributed by atoms with E-state index in [4.69, 9.17) is 0 Å². The Balaban J connectivity index is 2.20. The molecule has 1 atom stereocenters. The number of carbonyl (C=O) groups is 1. The Labute approximate surface area is 112 Å². The van der Waals surface area contributed by atoms with E-state index >= 15 is 0 Å². The minimum atomic E-state index is -0.576. The zero-order valence-corrected chi connectivity index (χ0v) is 11.6. The first-order valence-corrected chi connectivity index (χ1v) is 6.57. The fraction of sp³-hybridized carbons (Fsp3) is 0.533. The molecule has 1 fully saturated rings. The Morgan fingerprint density at radius 2 is 1.95 bits per heavy atom. The van der Waals surface area contributed by atoms with Crippen LogP contribution in [0.5, 0.6) is 0 Å². The predicted molar refractivity (Wildman–Crippen MR) is 71.6 cm³/mol. The number of amides is 1. The molecule has 1 aromatic rings. The third-order valence-electron chi connectivity index (χ3n) is 3.90. The summed E-state index contributed by atoms with van der Waals surface area (Å²) in [6, 6.07) is 3.09. The fourth-order valence-corrected chi connectivity index (χ4v) is 2.40. The highest BCUT2D eigenvalue weighted by molar-refractivity contribution is 5.95. The van der Waals surface area contributed by atoms with Crippen molar-refractivity contribution in [1.82, 2.24) is 5.32 Å². The molecule has 104 valence electrons. The van der Waals surface area contributed by atoms with Gasteiger partial charge < -0.3 is 10.4 Å². The van der Waals surface area contributed by atoms with E-state index in [9.17, 15) is 14.3 Å². The summed E-state index contributed by atoms with van der Waals surface area (Å²) in [5, 5.41) is 12.4. The van der Waals surface area contributed by atoms with Crippen molar-refractivity contribution in [1.29, 1.82) is 0 Å². The zero-order valence-electron chi connectivity index (χ0n) is 11.6. The third kappa shape index (κ3) is 2.78. The second kappa shape index (κ2) is 4.93. The van der Waals surface area contributed by atoms with Gasteiger partial charge in [0, 0.05) is 5.56 Å². The van der Waals surface area contributed by atoms with E-state index < -0.39 is 5.54 Å². The van der Waals surface area contributed by atoms with Crippen molar-refractivity contribution in [3.05, 3.63) is 34.6 Å². The number of hydrogen-bond donors (Lipinski definition) is 2. The number of hydrogen-bond acceptors (Lipinski definition) is 2. The third-order valence-corrected chi connectivity index (χ3v) is 3.90. The molecular weight excluding hydrogens is 245 g/mol. The number of aryl methyl sites for hydroxylation is 2. The molecule has 0 heterocycles. The maximum Gasteiger partial charge on any atom is 0.251 e. The van der Waals surface area contributed by atoms with E-state index in [1.54, 1.807) is 26.0 Å². The van der Waals surface area contributed by atoms with E-state index in [0.717, 1.165) is 12.8 Å². The molecule has 1 aromatic carbocycles. The summed E-state index contributed by atoms with van der Waals surface area (Å²) in [4.78, 5) is 12.2. The Morgan fingerprint density at radius 1 is 1.42 bits per heavy atom. The van der Waals surface area contributed by atoms with Crippen molar-refractivity contribution in [2.75, 3.05) is 6.61 Å². The number of rotatable bonds is 4. The molecule has 0 aromatic heterocycles. The van der Waals surface area contributed by atoms with Gasteiger partial charge in [0.1, 0.15) is 5.82 Å². The van der Waals surface area contributed by atoms with Crippen LogP contribution in [0.15, 0.2) is 12.1 Å². The summed E-state index contributed by atoms with van der Waals surface area (Å²) in [6.45, 7) is 5.06. The number of aliphatic hydroxyl groups is 1. The van der Waals surface area contributed by atoms with E-state index in [2.05, 4.69) is 5.32 Å². The second-order valence-corrected chi connectivity index (χ2v) is 5.73. The van der Waals surface area contributed by atoms with Gasteiger partial charge in [-0.3, -0.25) is 4.79 Å². The number of halogens is 1. The highest BCUT2D eigenvalue weighted by atomic mass is 19.1. The minimum absolute atomic E-state index is 0.0808. The quantitative estimate of drug-likeness (QED) is 0.878. The van der Waals surface area contributed by atoms with Gasteiger partial charge in [0.2, 0.25) is 0 Å². The summed E-state index contributed by atoms with van der Waals surface area (Å²) < 4.78 is 13.5. The van der Waals surface area contributed by atoms with Gasteiger partial charge in [-0.2, -0.15) is 0 Å². The minimum Gasteiger partial charge on any atom is -0.394 e. The Kier molecular flexibility index (Phi) is 3.63. The van der Waals surface area contributed by atoms with Gasteiger partial charge in [-0.1, -0.05) is 0 Å². The van der Waals surface area contributed by atoms with Crippen LogP contribution in [0.2, 0.25) is 0 Å². The smallest absolute Gasteiger partial charge is 0.251 e. The van der Waals surface area contributed by atoms with Crippen LogP contribution in [-0.4, -0.2) is 23.2 Å². The maximum absolute atomic E-state index is 13.5. The molecule has 2 rings (SSSR count). The average Bonchev–Trinajstić information content (AvgIpc) is 3.19. The van der Waals surface area contributed by atoms with Crippen LogP contribution in [0.3, 0.4) is 0 Å². The lowest BCUT2D eigenvalue weighted by Crippen LogP contribution is -2.50. The number of carbonyl (C=O) groups excluding carboxylic acids is 1. The summed E-state index contributed by atoms with van der Waals surface area (Å²) >= 11 is 0. The number of aliphatic hydroxyl groups excluding tert-OH is 1. The molecular formula is C15H20FNO2. The summed E-state index contributed by atoms with van der Waals surface area (Å²) in [7, 11) is 0. The molecule has 1 saturated carbocycles. The van der Waals surface area contributed by atoms with Crippen molar-refractivity contribution >= 4 is 5.91 Å². The summed E-state index contributed by atoms with van der Waals surface area (Å²) in [5.74, 6) is -0.192. The molecule has 0 radical (unpaired) electrons.